The molecule has 0 bridgehead atoms. The number of hydrogen-bond acceptors (Lipinski definition) is 12. The first-order valence-corrected chi connectivity index (χ1v) is 14.4. The lowest BCUT2D eigenvalue weighted by atomic mass is 10.1. The maximum Gasteiger partial charge on any atom is 0.373 e. The zero-order valence-corrected chi connectivity index (χ0v) is 26.5. The molecule has 0 aliphatic heterocycles. The summed E-state index contributed by atoms with van der Waals surface area (Å²) in [4.78, 5) is 46.2. The summed E-state index contributed by atoms with van der Waals surface area (Å²) in [6.07, 6.45) is 9.24. The smallest absolute Gasteiger partial charge is 0.373 e. The lowest BCUT2D eigenvalue weighted by Gasteiger charge is -2.16. The topological polar surface area (TPSA) is 126 Å². The van der Waals surface area contributed by atoms with Gasteiger partial charge in [0.1, 0.15) is 0 Å². The maximum atomic E-state index is 12.9. The van der Waals surface area contributed by atoms with Crippen molar-refractivity contribution in [1.82, 2.24) is 0 Å². The van der Waals surface area contributed by atoms with Gasteiger partial charge in [-0.1, -0.05) is 58.3 Å². The molecule has 0 saturated carbocycles. The van der Waals surface area contributed by atoms with Crippen molar-refractivity contribution >= 4 is 11.9 Å². The van der Waals surface area contributed by atoms with E-state index in [9.17, 15) is 9.59 Å². The van der Waals surface area contributed by atoms with Crippen LogP contribution in [0.2, 0.25) is 0 Å². The molecule has 0 atom stereocenters. The number of ether oxygens (including phenoxy) is 6. The van der Waals surface area contributed by atoms with Crippen LogP contribution in [-0.2, 0) is 19.6 Å². The Bertz CT molecular complexity index is 1040. The fourth-order valence-corrected chi connectivity index (χ4v) is 4.27. The quantitative estimate of drug-likeness (QED) is 0.0777. The molecule has 0 aliphatic rings. The Morgan fingerprint density at radius 3 is 1.16 bits per heavy atom. The Hall–Kier alpha value is -3.90. The van der Waals surface area contributed by atoms with E-state index >= 15 is 0 Å². The number of unbranched alkanes of at least 4 members (excludes halogenated alkanes) is 8. The van der Waals surface area contributed by atoms with Crippen LogP contribution in [0.3, 0.4) is 0 Å². The zero-order valence-electron chi connectivity index (χ0n) is 26.5. The second kappa shape index (κ2) is 20.1. The van der Waals surface area contributed by atoms with Gasteiger partial charge >= 0.3 is 18.2 Å². The SMILES string of the molecule is [CH2]CCCCCCCCCC[C](OOC(=O)c1cc(OC)c(OC)c(OC)c1)OOC(=O)c1cc(OC)c(OC)c(OC)c1. The number of carbonyl (C=O) groups excluding carboxylic acids is 2. The van der Waals surface area contributed by atoms with Crippen LogP contribution >= 0.6 is 0 Å². The van der Waals surface area contributed by atoms with Gasteiger partial charge in [0, 0.05) is 6.42 Å². The molecular weight excluding hydrogens is 576 g/mol. The minimum atomic E-state index is -0.872. The van der Waals surface area contributed by atoms with E-state index in [0.717, 1.165) is 38.5 Å². The summed E-state index contributed by atoms with van der Waals surface area (Å²) in [6.45, 7) is 3.87. The molecule has 2 aromatic carbocycles. The van der Waals surface area contributed by atoms with Gasteiger partial charge in [-0.05, 0) is 30.7 Å². The van der Waals surface area contributed by atoms with Crippen molar-refractivity contribution in [2.24, 2.45) is 0 Å². The van der Waals surface area contributed by atoms with Gasteiger partial charge < -0.3 is 28.4 Å². The largest absolute Gasteiger partial charge is 0.493 e. The monoisotopic (exact) mass is 620 g/mol. The highest BCUT2D eigenvalue weighted by Gasteiger charge is 2.25. The second-order valence-corrected chi connectivity index (χ2v) is 9.54. The number of carbonyl (C=O) groups is 2. The molecule has 244 valence electrons. The molecule has 0 N–H and O–H groups in total. The third-order valence-corrected chi connectivity index (χ3v) is 6.60. The molecule has 0 saturated heterocycles. The van der Waals surface area contributed by atoms with Crippen molar-refractivity contribution in [2.75, 3.05) is 42.7 Å². The third kappa shape index (κ3) is 11.0. The molecule has 2 rings (SSSR count). The van der Waals surface area contributed by atoms with Crippen molar-refractivity contribution < 1.29 is 57.6 Å². The highest BCUT2D eigenvalue weighted by molar-refractivity contribution is 5.91. The zero-order chi connectivity index (χ0) is 32.3. The van der Waals surface area contributed by atoms with Crippen LogP contribution in [0.15, 0.2) is 24.3 Å². The third-order valence-electron chi connectivity index (χ3n) is 6.60. The summed E-state index contributed by atoms with van der Waals surface area (Å²) < 4.78 is 31.7. The van der Waals surface area contributed by atoms with Crippen molar-refractivity contribution in [3.63, 3.8) is 0 Å². The Morgan fingerprint density at radius 2 is 0.841 bits per heavy atom. The summed E-state index contributed by atoms with van der Waals surface area (Å²) in [7, 11) is 8.59. The van der Waals surface area contributed by atoms with Gasteiger partial charge in [-0.15, -0.1) is 9.78 Å². The molecule has 2 aromatic rings. The van der Waals surface area contributed by atoms with E-state index < -0.39 is 11.9 Å². The van der Waals surface area contributed by atoms with Gasteiger partial charge in [0.25, 0.3) is 0 Å². The van der Waals surface area contributed by atoms with Gasteiger partial charge in [0.2, 0.25) is 11.5 Å². The van der Waals surface area contributed by atoms with E-state index in [1.807, 2.05) is 0 Å². The average Bonchev–Trinajstić information content (AvgIpc) is 3.06. The van der Waals surface area contributed by atoms with Gasteiger partial charge in [-0.3, -0.25) is 9.78 Å². The van der Waals surface area contributed by atoms with Crippen LogP contribution in [0.1, 0.15) is 84.9 Å². The van der Waals surface area contributed by atoms with Gasteiger partial charge in [-0.25, -0.2) is 9.59 Å². The number of rotatable bonds is 22. The van der Waals surface area contributed by atoms with Crippen LogP contribution in [0.5, 0.6) is 34.5 Å². The van der Waals surface area contributed by atoms with Crippen molar-refractivity contribution in [3.05, 3.63) is 48.6 Å². The number of methoxy groups -OCH3 is 6. The Labute approximate surface area is 259 Å². The van der Waals surface area contributed by atoms with E-state index in [2.05, 4.69) is 6.92 Å². The van der Waals surface area contributed by atoms with Crippen molar-refractivity contribution in [2.45, 2.75) is 64.2 Å². The average molecular weight is 621 g/mol. The normalized spacial score (nSPS) is 10.7. The molecule has 0 spiro atoms. The second-order valence-electron chi connectivity index (χ2n) is 9.54. The van der Waals surface area contributed by atoms with E-state index in [0.29, 0.717) is 17.9 Å². The maximum absolute atomic E-state index is 12.9. The Balaban J connectivity index is 2.08. The number of hydrogen-bond donors (Lipinski definition) is 0. The fraction of sp³-hybridized carbons (Fsp3) is 0.500. The summed E-state index contributed by atoms with van der Waals surface area (Å²) in [5.41, 5.74) is 0.124. The predicted octanol–water partition coefficient (Wildman–Crippen LogP) is 6.84. The highest BCUT2D eigenvalue weighted by atomic mass is 17.3. The lowest BCUT2D eigenvalue weighted by Crippen LogP contribution is -2.16. The summed E-state index contributed by atoms with van der Waals surface area (Å²) in [5, 5.41) is 0. The fourth-order valence-electron chi connectivity index (χ4n) is 4.27. The Kier molecular flexibility index (Phi) is 16.6. The van der Waals surface area contributed by atoms with Crippen LogP contribution in [0.25, 0.3) is 0 Å². The van der Waals surface area contributed by atoms with Crippen LogP contribution in [-0.4, -0.2) is 54.6 Å². The molecule has 12 heteroatoms. The minimum absolute atomic E-state index is 0.0621. The van der Waals surface area contributed by atoms with Crippen molar-refractivity contribution in [1.29, 1.82) is 0 Å². The van der Waals surface area contributed by atoms with Crippen LogP contribution < -0.4 is 28.4 Å². The molecular formula is C32H44O12. The van der Waals surface area contributed by atoms with Gasteiger partial charge in [-0.2, -0.15) is 0 Å². The first kappa shape index (κ1) is 36.3. The van der Waals surface area contributed by atoms with Gasteiger partial charge in [0.05, 0.1) is 53.8 Å². The molecule has 0 amide bonds. The highest BCUT2D eigenvalue weighted by Crippen LogP contribution is 2.39. The molecule has 0 aromatic heterocycles. The van der Waals surface area contributed by atoms with Gasteiger partial charge in [0.15, 0.2) is 23.0 Å². The number of benzene rings is 2. The van der Waals surface area contributed by atoms with E-state index in [1.165, 1.54) is 79.8 Å². The standard InChI is InChI=1S/C32H44O12/c1-8-9-10-11-12-13-14-15-16-17-28(41-43-31(33)22-18-24(35-2)29(39-6)25(19-22)36-3)42-44-32(34)23-20-26(37-4)30(40-7)27(21-23)38-5/h18-21H,1,8-17H2,2-7H3. The molecule has 0 aliphatic carbocycles. The van der Waals surface area contributed by atoms with E-state index in [4.69, 9.17) is 48.0 Å². The molecule has 12 nitrogen and oxygen atoms in total. The minimum Gasteiger partial charge on any atom is -0.493 e. The summed E-state index contributed by atoms with van der Waals surface area (Å²) in [6, 6.07) is 5.65. The van der Waals surface area contributed by atoms with Crippen LogP contribution in [0, 0.1) is 13.2 Å². The lowest BCUT2D eigenvalue weighted by molar-refractivity contribution is -0.364. The summed E-state index contributed by atoms with van der Waals surface area (Å²) in [5.74, 6) is -0.106. The van der Waals surface area contributed by atoms with E-state index in [-0.39, 0.29) is 46.8 Å². The molecule has 0 fully saturated rings. The molecule has 44 heavy (non-hydrogen) atoms. The molecule has 0 heterocycles. The predicted molar refractivity (Wildman–Crippen MR) is 160 cm³/mol. The summed E-state index contributed by atoms with van der Waals surface area (Å²) >= 11 is 0. The molecule has 0 unspecified atom stereocenters. The van der Waals surface area contributed by atoms with Crippen molar-refractivity contribution in [3.8, 4) is 34.5 Å². The molecule has 2 radical (unpaired) electrons. The first-order valence-electron chi connectivity index (χ1n) is 14.4. The Morgan fingerprint density at radius 1 is 0.500 bits per heavy atom. The van der Waals surface area contributed by atoms with Crippen LogP contribution in [0.4, 0.5) is 0 Å². The first-order chi connectivity index (χ1) is 21.4. The van der Waals surface area contributed by atoms with E-state index in [1.54, 1.807) is 0 Å².